The summed E-state index contributed by atoms with van der Waals surface area (Å²) in [6.07, 6.45) is 4.92. The number of carbonyl (C=O) groups excluding carboxylic acids is 1. The van der Waals surface area contributed by atoms with E-state index in [0.29, 0.717) is 12.8 Å². The minimum Gasteiger partial charge on any atom is -0.381 e. The van der Waals surface area contributed by atoms with Crippen LogP contribution in [0.25, 0.3) is 0 Å². The minimum absolute atomic E-state index is 0.0567. The van der Waals surface area contributed by atoms with Gasteiger partial charge in [-0.1, -0.05) is 6.08 Å². The summed E-state index contributed by atoms with van der Waals surface area (Å²) in [5.74, 6) is 0.284. The molecule has 0 heterocycles. The van der Waals surface area contributed by atoms with Crippen LogP contribution in [0.15, 0.2) is 12.7 Å². The average molecular weight is 170 g/mol. The molecule has 0 fully saturated rings. The van der Waals surface area contributed by atoms with Gasteiger partial charge in [0.15, 0.2) is 0 Å². The summed E-state index contributed by atoms with van der Waals surface area (Å²) in [6.45, 7) is 5.51. The van der Waals surface area contributed by atoms with Crippen LogP contribution < -0.4 is 0 Å². The number of allylic oxidation sites excluding steroid dienone is 1. The second kappa shape index (κ2) is 7.04. The molecule has 0 saturated carbocycles. The Balaban J connectivity index is 3.39. The van der Waals surface area contributed by atoms with Gasteiger partial charge in [0.1, 0.15) is 5.78 Å². The lowest BCUT2D eigenvalue weighted by Gasteiger charge is -2.07. The smallest absolute Gasteiger partial charge is 0.135 e. The molecule has 0 aliphatic heterocycles. The average Bonchev–Trinajstić information content (AvgIpc) is 2.05. The highest BCUT2D eigenvalue weighted by molar-refractivity contribution is 5.78. The minimum atomic E-state index is 0.0567. The molecule has 2 nitrogen and oxygen atoms in total. The molecule has 0 bridgehead atoms. The van der Waals surface area contributed by atoms with E-state index in [-0.39, 0.29) is 11.9 Å². The van der Waals surface area contributed by atoms with Crippen molar-refractivity contribution in [2.45, 2.75) is 38.7 Å². The Labute approximate surface area is 74.6 Å². The lowest BCUT2D eigenvalue weighted by molar-refractivity contribution is -0.121. The maximum Gasteiger partial charge on any atom is 0.135 e. The number of methoxy groups -OCH3 is 1. The Kier molecular flexibility index (Phi) is 6.67. The molecule has 1 unspecified atom stereocenters. The molecule has 0 aliphatic rings. The van der Waals surface area contributed by atoms with Gasteiger partial charge in [-0.2, -0.15) is 0 Å². The summed E-state index contributed by atoms with van der Waals surface area (Å²) >= 11 is 0. The molecule has 0 spiro atoms. The van der Waals surface area contributed by atoms with Crippen LogP contribution in [0.2, 0.25) is 0 Å². The first-order valence-corrected chi connectivity index (χ1v) is 4.36. The first-order valence-electron chi connectivity index (χ1n) is 4.36. The highest BCUT2D eigenvalue weighted by atomic mass is 16.5. The van der Waals surface area contributed by atoms with Gasteiger partial charge in [-0.05, 0) is 19.8 Å². The third-order valence-corrected chi connectivity index (χ3v) is 1.78. The summed E-state index contributed by atoms with van der Waals surface area (Å²) < 4.78 is 4.99. The third-order valence-electron chi connectivity index (χ3n) is 1.78. The molecule has 2 heteroatoms. The van der Waals surface area contributed by atoms with Gasteiger partial charge in [0.05, 0.1) is 6.10 Å². The van der Waals surface area contributed by atoms with Crippen molar-refractivity contribution >= 4 is 5.78 Å². The molecule has 0 saturated heterocycles. The van der Waals surface area contributed by atoms with Crippen molar-refractivity contribution in [2.75, 3.05) is 7.11 Å². The normalized spacial score (nSPS) is 12.5. The zero-order chi connectivity index (χ0) is 9.40. The molecular formula is C10H18O2. The van der Waals surface area contributed by atoms with Gasteiger partial charge < -0.3 is 4.74 Å². The summed E-state index contributed by atoms with van der Waals surface area (Å²) in [5.41, 5.74) is 0. The van der Waals surface area contributed by atoms with Gasteiger partial charge in [0.2, 0.25) is 0 Å². The lowest BCUT2D eigenvalue weighted by atomic mass is 10.1. The fourth-order valence-corrected chi connectivity index (χ4v) is 0.950. The van der Waals surface area contributed by atoms with Gasteiger partial charge in [-0.25, -0.2) is 0 Å². The molecular weight excluding hydrogens is 152 g/mol. The third kappa shape index (κ3) is 6.10. The Morgan fingerprint density at radius 3 is 2.83 bits per heavy atom. The number of hydrogen-bond donors (Lipinski definition) is 0. The standard InChI is InChI=1S/C10H18O2/c1-4-5-6-7-10(11)8-9(2)12-3/h4,9H,1,5-8H2,2-3H3. The van der Waals surface area contributed by atoms with Crippen LogP contribution in [0.4, 0.5) is 0 Å². The molecule has 70 valence electrons. The van der Waals surface area contributed by atoms with E-state index in [1.807, 2.05) is 13.0 Å². The fourth-order valence-electron chi connectivity index (χ4n) is 0.950. The molecule has 0 aromatic rings. The zero-order valence-electron chi connectivity index (χ0n) is 8.01. The predicted octanol–water partition coefficient (Wildman–Crippen LogP) is 2.34. The summed E-state index contributed by atoms with van der Waals surface area (Å²) in [6, 6.07) is 0. The lowest BCUT2D eigenvalue weighted by Crippen LogP contribution is -2.11. The molecule has 0 rings (SSSR count). The largest absolute Gasteiger partial charge is 0.381 e. The first kappa shape index (κ1) is 11.4. The monoisotopic (exact) mass is 170 g/mol. The van der Waals surface area contributed by atoms with E-state index in [1.165, 1.54) is 0 Å². The molecule has 0 aromatic heterocycles. The first-order chi connectivity index (χ1) is 5.70. The van der Waals surface area contributed by atoms with E-state index in [4.69, 9.17) is 4.74 Å². The molecule has 0 N–H and O–H groups in total. The number of Topliss-reactive ketones (excluding diaryl/α,β-unsaturated/α-hetero) is 1. The van der Waals surface area contributed by atoms with Crippen LogP contribution in [-0.4, -0.2) is 19.0 Å². The van der Waals surface area contributed by atoms with Crippen LogP contribution in [0.3, 0.4) is 0 Å². The number of ketones is 1. The van der Waals surface area contributed by atoms with Crippen LogP contribution >= 0.6 is 0 Å². The van der Waals surface area contributed by atoms with Crippen LogP contribution in [-0.2, 0) is 9.53 Å². The van der Waals surface area contributed by atoms with Crippen molar-refractivity contribution < 1.29 is 9.53 Å². The van der Waals surface area contributed by atoms with Crippen LogP contribution in [0.5, 0.6) is 0 Å². The maximum absolute atomic E-state index is 11.2. The summed E-state index contributed by atoms with van der Waals surface area (Å²) in [4.78, 5) is 11.2. The fraction of sp³-hybridized carbons (Fsp3) is 0.700. The molecule has 0 aliphatic carbocycles. The Hall–Kier alpha value is -0.630. The number of ether oxygens (including phenoxy) is 1. The number of carbonyl (C=O) groups is 1. The van der Waals surface area contributed by atoms with Crippen molar-refractivity contribution in [3.05, 3.63) is 12.7 Å². The van der Waals surface area contributed by atoms with Gasteiger partial charge in [0.25, 0.3) is 0 Å². The molecule has 0 amide bonds. The van der Waals surface area contributed by atoms with Gasteiger partial charge in [-0.3, -0.25) is 4.79 Å². The second-order valence-electron chi connectivity index (χ2n) is 2.97. The topological polar surface area (TPSA) is 26.3 Å². The Bertz CT molecular complexity index is 141. The number of unbranched alkanes of at least 4 members (excludes halogenated alkanes) is 1. The summed E-state index contributed by atoms with van der Waals surface area (Å²) in [7, 11) is 1.63. The summed E-state index contributed by atoms with van der Waals surface area (Å²) in [5, 5.41) is 0. The van der Waals surface area contributed by atoms with E-state index in [1.54, 1.807) is 7.11 Å². The van der Waals surface area contributed by atoms with Gasteiger partial charge in [-0.15, -0.1) is 6.58 Å². The quantitative estimate of drug-likeness (QED) is 0.433. The Morgan fingerprint density at radius 2 is 2.33 bits per heavy atom. The predicted molar refractivity (Wildman–Crippen MR) is 50.1 cm³/mol. The van der Waals surface area contributed by atoms with Crippen molar-refractivity contribution in [3.63, 3.8) is 0 Å². The molecule has 12 heavy (non-hydrogen) atoms. The SMILES string of the molecule is C=CCCCC(=O)CC(C)OC. The molecule has 0 aromatic carbocycles. The van der Waals surface area contributed by atoms with Crippen molar-refractivity contribution in [1.82, 2.24) is 0 Å². The van der Waals surface area contributed by atoms with E-state index in [2.05, 4.69) is 6.58 Å². The highest BCUT2D eigenvalue weighted by Gasteiger charge is 2.06. The maximum atomic E-state index is 11.2. The molecule has 1 atom stereocenters. The second-order valence-corrected chi connectivity index (χ2v) is 2.97. The number of hydrogen-bond acceptors (Lipinski definition) is 2. The van der Waals surface area contributed by atoms with E-state index in [9.17, 15) is 4.79 Å². The van der Waals surface area contributed by atoms with Crippen LogP contribution in [0, 0.1) is 0 Å². The van der Waals surface area contributed by atoms with Gasteiger partial charge >= 0.3 is 0 Å². The van der Waals surface area contributed by atoms with E-state index in [0.717, 1.165) is 12.8 Å². The number of rotatable bonds is 7. The van der Waals surface area contributed by atoms with Crippen LogP contribution in [0.1, 0.15) is 32.6 Å². The van der Waals surface area contributed by atoms with E-state index < -0.39 is 0 Å². The zero-order valence-corrected chi connectivity index (χ0v) is 8.01. The highest BCUT2D eigenvalue weighted by Crippen LogP contribution is 2.03. The van der Waals surface area contributed by atoms with E-state index >= 15 is 0 Å². The van der Waals surface area contributed by atoms with Crippen molar-refractivity contribution in [1.29, 1.82) is 0 Å². The molecule has 0 radical (unpaired) electrons. The van der Waals surface area contributed by atoms with Crippen molar-refractivity contribution in [3.8, 4) is 0 Å². The van der Waals surface area contributed by atoms with Crippen molar-refractivity contribution in [2.24, 2.45) is 0 Å². The Morgan fingerprint density at radius 1 is 1.67 bits per heavy atom. The van der Waals surface area contributed by atoms with Gasteiger partial charge in [0, 0.05) is 20.0 Å².